The van der Waals surface area contributed by atoms with Crippen molar-refractivity contribution in [2.24, 2.45) is 0 Å². The lowest BCUT2D eigenvalue weighted by Gasteiger charge is -2.10. The molecule has 20 heavy (non-hydrogen) atoms. The zero-order valence-electron chi connectivity index (χ0n) is 11.4. The van der Waals surface area contributed by atoms with Crippen LogP contribution in [0, 0.1) is 0 Å². The van der Waals surface area contributed by atoms with Crippen molar-refractivity contribution in [2.75, 3.05) is 20.3 Å². The first kappa shape index (κ1) is 14.4. The van der Waals surface area contributed by atoms with Crippen LogP contribution in [0.1, 0.15) is 16.8 Å². The van der Waals surface area contributed by atoms with Gasteiger partial charge in [-0.15, -0.1) is 0 Å². The highest BCUT2D eigenvalue weighted by Gasteiger charge is 2.08. The number of amides is 1. The largest absolute Gasteiger partial charge is 0.391 e. The number of hydrogen-bond acceptors (Lipinski definition) is 4. The number of benzene rings is 1. The van der Waals surface area contributed by atoms with E-state index in [1.807, 2.05) is 24.3 Å². The van der Waals surface area contributed by atoms with Gasteiger partial charge in [0.05, 0.1) is 18.2 Å². The number of nitrogens with one attached hydrogen (secondary N) is 1. The smallest absolute Gasteiger partial charge is 0.251 e. The summed E-state index contributed by atoms with van der Waals surface area (Å²) in [4.78, 5) is 16.2. The van der Waals surface area contributed by atoms with Crippen LogP contribution in [0.3, 0.4) is 0 Å². The van der Waals surface area contributed by atoms with Crippen LogP contribution in [0.15, 0.2) is 36.5 Å². The Kier molecular flexibility index (Phi) is 5.03. The summed E-state index contributed by atoms with van der Waals surface area (Å²) in [7, 11) is 1.53. The number of aromatic nitrogens is 1. The van der Waals surface area contributed by atoms with Crippen LogP contribution < -0.4 is 5.32 Å². The van der Waals surface area contributed by atoms with Gasteiger partial charge >= 0.3 is 0 Å². The van der Waals surface area contributed by atoms with Crippen LogP contribution in [0.2, 0.25) is 0 Å². The third-order valence-corrected chi connectivity index (χ3v) is 2.99. The van der Waals surface area contributed by atoms with Gasteiger partial charge in [-0.1, -0.05) is 6.07 Å². The topological polar surface area (TPSA) is 71.5 Å². The third-order valence-electron chi connectivity index (χ3n) is 2.99. The molecule has 0 bridgehead atoms. The Labute approximate surface area is 117 Å². The molecule has 0 fully saturated rings. The average Bonchev–Trinajstić information content (AvgIpc) is 2.47. The SMILES string of the molecule is COCC(O)CCNC(=O)c1ccc2ncccc2c1. The van der Waals surface area contributed by atoms with Crippen molar-refractivity contribution in [3.05, 3.63) is 42.1 Å². The van der Waals surface area contributed by atoms with Gasteiger partial charge in [0.15, 0.2) is 0 Å². The van der Waals surface area contributed by atoms with Crippen molar-refractivity contribution in [1.29, 1.82) is 0 Å². The first-order chi connectivity index (χ1) is 9.70. The van der Waals surface area contributed by atoms with Crippen molar-refractivity contribution in [3.63, 3.8) is 0 Å². The number of rotatable bonds is 6. The molecule has 0 aliphatic carbocycles. The lowest BCUT2D eigenvalue weighted by atomic mass is 10.1. The molecule has 5 heteroatoms. The maximum atomic E-state index is 12.0. The molecule has 0 saturated heterocycles. The summed E-state index contributed by atoms with van der Waals surface area (Å²) in [5, 5.41) is 13.2. The van der Waals surface area contributed by atoms with Crippen molar-refractivity contribution in [2.45, 2.75) is 12.5 Å². The number of hydrogen-bond donors (Lipinski definition) is 2. The molecule has 0 aliphatic rings. The molecular weight excluding hydrogens is 256 g/mol. The normalized spacial score (nSPS) is 12.3. The second kappa shape index (κ2) is 6.98. The van der Waals surface area contributed by atoms with Crippen LogP contribution in [-0.2, 0) is 4.74 Å². The predicted molar refractivity (Wildman–Crippen MR) is 76.6 cm³/mol. The minimum absolute atomic E-state index is 0.152. The van der Waals surface area contributed by atoms with Gasteiger partial charge in [-0.3, -0.25) is 9.78 Å². The zero-order chi connectivity index (χ0) is 14.4. The number of methoxy groups -OCH3 is 1. The van der Waals surface area contributed by atoms with Gasteiger partial charge in [0.1, 0.15) is 0 Å². The van der Waals surface area contributed by atoms with Gasteiger partial charge < -0.3 is 15.2 Å². The Bertz CT molecular complexity index is 586. The number of ether oxygens (including phenoxy) is 1. The lowest BCUT2D eigenvalue weighted by molar-refractivity contribution is 0.0587. The van der Waals surface area contributed by atoms with Crippen LogP contribution in [0.4, 0.5) is 0 Å². The molecule has 1 aromatic carbocycles. The molecule has 5 nitrogen and oxygen atoms in total. The van der Waals surface area contributed by atoms with E-state index >= 15 is 0 Å². The van der Waals surface area contributed by atoms with E-state index in [2.05, 4.69) is 10.3 Å². The Morgan fingerprint density at radius 3 is 3.10 bits per heavy atom. The maximum absolute atomic E-state index is 12.0. The summed E-state index contributed by atoms with van der Waals surface area (Å²) in [6, 6.07) is 9.14. The van der Waals surface area contributed by atoms with E-state index in [0.29, 0.717) is 18.5 Å². The molecule has 2 aromatic rings. The van der Waals surface area contributed by atoms with E-state index < -0.39 is 6.10 Å². The summed E-state index contributed by atoms with van der Waals surface area (Å²) in [5.74, 6) is -0.152. The summed E-state index contributed by atoms with van der Waals surface area (Å²) >= 11 is 0. The minimum Gasteiger partial charge on any atom is -0.391 e. The Balaban J connectivity index is 1.94. The number of carbonyl (C=O) groups is 1. The van der Waals surface area contributed by atoms with Gasteiger partial charge in [-0.2, -0.15) is 0 Å². The Morgan fingerprint density at radius 2 is 2.30 bits per heavy atom. The molecule has 1 unspecified atom stereocenters. The molecule has 106 valence electrons. The van der Waals surface area contributed by atoms with Gasteiger partial charge in [0, 0.05) is 30.8 Å². The number of fused-ring (bicyclic) bond motifs is 1. The fraction of sp³-hybridized carbons (Fsp3) is 0.333. The van der Waals surface area contributed by atoms with Crippen LogP contribution >= 0.6 is 0 Å². The molecule has 2 N–H and O–H groups in total. The van der Waals surface area contributed by atoms with E-state index in [1.165, 1.54) is 7.11 Å². The summed E-state index contributed by atoms with van der Waals surface area (Å²) in [6.07, 6.45) is 1.63. The van der Waals surface area contributed by atoms with E-state index in [1.54, 1.807) is 12.3 Å². The second-order valence-corrected chi connectivity index (χ2v) is 4.56. The number of pyridine rings is 1. The van der Waals surface area contributed by atoms with Crippen LogP contribution in [-0.4, -0.2) is 42.4 Å². The average molecular weight is 274 g/mol. The van der Waals surface area contributed by atoms with Gasteiger partial charge in [0.2, 0.25) is 0 Å². The lowest BCUT2D eigenvalue weighted by Crippen LogP contribution is -2.28. The number of nitrogens with zero attached hydrogens (tertiary/aromatic N) is 1. The highest BCUT2D eigenvalue weighted by molar-refractivity contribution is 5.97. The third kappa shape index (κ3) is 3.76. The zero-order valence-corrected chi connectivity index (χ0v) is 11.4. The van der Waals surface area contributed by atoms with Crippen molar-refractivity contribution in [3.8, 4) is 0 Å². The van der Waals surface area contributed by atoms with Crippen molar-refractivity contribution >= 4 is 16.8 Å². The molecule has 0 aliphatic heterocycles. The molecule has 1 heterocycles. The molecule has 0 spiro atoms. The molecule has 2 rings (SSSR count). The minimum atomic E-state index is -0.555. The number of carbonyl (C=O) groups excluding carboxylic acids is 1. The summed E-state index contributed by atoms with van der Waals surface area (Å²) in [5.41, 5.74) is 1.45. The fourth-order valence-corrected chi connectivity index (χ4v) is 1.95. The highest BCUT2D eigenvalue weighted by atomic mass is 16.5. The fourth-order valence-electron chi connectivity index (χ4n) is 1.95. The molecule has 0 saturated carbocycles. The van der Waals surface area contributed by atoms with Crippen LogP contribution in [0.25, 0.3) is 10.9 Å². The highest BCUT2D eigenvalue weighted by Crippen LogP contribution is 2.13. The Hall–Kier alpha value is -1.98. The first-order valence-electron chi connectivity index (χ1n) is 6.50. The predicted octanol–water partition coefficient (Wildman–Crippen LogP) is 1.36. The molecule has 1 amide bonds. The second-order valence-electron chi connectivity index (χ2n) is 4.56. The standard InChI is InChI=1S/C15H18N2O3/c1-20-10-13(18)6-8-17-15(19)12-4-5-14-11(9-12)3-2-7-16-14/h2-5,7,9,13,18H,6,8,10H2,1H3,(H,17,19). The maximum Gasteiger partial charge on any atom is 0.251 e. The quantitative estimate of drug-likeness (QED) is 0.834. The van der Waals surface area contributed by atoms with E-state index in [4.69, 9.17) is 4.74 Å². The molecule has 0 radical (unpaired) electrons. The Morgan fingerprint density at radius 1 is 1.45 bits per heavy atom. The first-order valence-corrected chi connectivity index (χ1v) is 6.50. The van der Waals surface area contributed by atoms with Gasteiger partial charge in [-0.05, 0) is 30.7 Å². The van der Waals surface area contributed by atoms with E-state index in [9.17, 15) is 9.90 Å². The molecule has 1 atom stereocenters. The number of aliphatic hydroxyl groups excluding tert-OH is 1. The van der Waals surface area contributed by atoms with Crippen LogP contribution in [0.5, 0.6) is 0 Å². The molecular formula is C15H18N2O3. The monoisotopic (exact) mass is 274 g/mol. The van der Waals surface area contributed by atoms with Crippen molar-refractivity contribution in [1.82, 2.24) is 10.3 Å². The van der Waals surface area contributed by atoms with Gasteiger partial charge in [-0.25, -0.2) is 0 Å². The summed E-state index contributed by atoms with van der Waals surface area (Å²) in [6.45, 7) is 0.686. The van der Waals surface area contributed by atoms with E-state index in [0.717, 1.165) is 10.9 Å². The van der Waals surface area contributed by atoms with Crippen molar-refractivity contribution < 1.29 is 14.6 Å². The molecule has 1 aromatic heterocycles. The van der Waals surface area contributed by atoms with E-state index in [-0.39, 0.29) is 12.5 Å². The van der Waals surface area contributed by atoms with Gasteiger partial charge in [0.25, 0.3) is 5.91 Å². The number of aliphatic hydroxyl groups is 1. The summed E-state index contributed by atoms with van der Waals surface area (Å²) < 4.78 is 4.82.